The SMILES string of the molecule is CCn1nccc1[C@@H]1OCC[C@H]1CNC(=O)c1cc(CC(C)C)c[nH]1. The van der Waals surface area contributed by atoms with Gasteiger partial charge < -0.3 is 15.0 Å². The number of aryl methyl sites for hydroxylation is 1. The number of hydrogen-bond donors (Lipinski definition) is 2. The molecule has 0 bridgehead atoms. The Morgan fingerprint density at radius 3 is 3.12 bits per heavy atom. The van der Waals surface area contributed by atoms with Crippen molar-refractivity contribution < 1.29 is 9.53 Å². The van der Waals surface area contributed by atoms with Gasteiger partial charge in [0, 0.05) is 38.0 Å². The van der Waals surface area contributed by atoms with Crippen molar-refractivity contribution >= 4 is 5.91 Å². The molecular formula is C19H28N4O2. The first-order valence-electron chi connectivity index (χ1n) is 9.17. The third kappa shape index (κ3) is 4.12. The van der Waals surface area contributed by atoms with Gasteiger partial charge >= 0.3 is 0 Å². The first kappa shape index (κ1) is 17.7. The van der Waals surface area contributed by atoms with Crippen LogP contribution < -0.4 is 5.32 Å². The number of nitrogens with zero attached hydrogens (tertiary/aromatic N) is 2. The fraction of sp³-hybridized carbons (Fsp3) is 0.579. The van der Waals surface area contributed by atoms with Gasteiger partial charge in [0.15, 0.2) is 0 Å². The van der Waals surface area contributed by atoms with Crippen molar-refractivity contribution in [2.45, 2.75) is 46.3 Å². The van der Waals surface area contributed by atoms with Crippen molar-refractivity contribution in [3.63, 3.8) is 0 Å². The molecule has 2 aromatic rings. The van der Waals surface area contributed by atoms with Gasteiger partial charge in [-0.1, -0.05) is 13.8 Å². The number of aromatic nitrogens is 3. The zero-order chi connectivity index (χ0) is 17.8. The second kappa shape index (κ2) is 7.87. The molecule has 0 saturated carbocycles. The van der Waals surface area contributed by atoms with Gasteiger partial charge in [-0.2, -0.15) is 5.10 Å². The van der Waals surface area contributed by atoms with E-state index in [1.807, 2.05) is 29.2 Å². The Bertz CT molecular complexity index is 704. The third-order valence-electron chi connectivity index (χ3n) is 4.71. The largest absolute Gasteiger partial charge is 0.372 e. The minimum atomic E-state index is -0.0512. The Balaban J connectivity index is 1.58. The predicted molar refractivity (Wildman–Crippen MR) is 96.4 cm³/mol. The minimum Gasteiger partial charge on any atom is -0.372 e. The van der Waals surface area contributed by atoms with Gasteiger partial charge in [0.2, 0.25) is 0 Å². The standard InChI is InChI=1S/C19H28N4O2/c1-4-23-17(5-7-22-23)18-15(6-8-25-18)12-21-19(24)16-10-14(11-20-16)9-13(2)3/h5,7,10-11,13,15,18,20H,4,6,8-9,12H2,1-3H3,(H,21,24)/t15-,18+/m0/s1. The zero-order valence-electron chi connectivity index (χ0n) is 15.3. The second-order valence-electron chi connectivity index (χ2n) is 7.14. The molecule has 0 radical (unpaired) electrons. The molecule has 0 unspecified atom stereocenters. The Kier molecular flexibility index (Phi) is 5.58. The fourth-order valence-electron chi connectivity index (χ4n) is 3.50. The molecule has 3 heterocycles. The maximum atomic E-state index is 12.4. The van der Waals surface area contributed by atoms with E-state index in [1.165, 1.54) is 5.56 Å². The summed E-state index contributed by atoms with van der Waals surface area (Å²) in [6.07, 6.45) is 5.66. The van der Waals surface area contributed by atoms with Crippen molar-refractivity contribution in [1.82, 2.24) is 20.1 Å². The van der Waals surface area contributed by atoms with Crippen LogP contribution in [0.1, 0.15) is 55.0 Å². The summed E-state index contributed by atoms with van der Waals surface area (Å²) in [6.45, 7) is 8.57. The van der Waals surface area contributed by atoms with E-state index in [1.54, 1.807) is 0 Å². The average molecular weight is 344 g/mol. The molecule has 2 aromatic heterocycles. The highest BCUT2D eigenvalue weighted by atomic mass is 16.5. The molecule has 25 heavy (non-hydrogen) atoms. The van der Waals surface area contributed by atoms with Gasteiger partial charge in [-0.05, 0) is 43.4 Å². The Hall–Kier alpha value is -2.08. The molecule has 1 saturated heterocycles. The monoisotopic (exact) mass is 344 g/mol. The van der Waals surface area contributed by atoms with Crippen molar-refractivity contribution in [2.24, 2.45) is 11.8 Å². The lowest BCUT2D eigenvalue weighted by Gasteiger charge is -2.19. The molecule has 2 atom stereocenters. The highest BCUT2D eigenvalue weighted by Gasteiger charge is 2.32. The average Bonchev–Trinajstić information content (AvgIpc) is 3.31. The van der Waals surface area contributed by atoms with Gasteiger partial charge in [-0.25, -0.2) is 0 Å². The van der Waals surface area contributed by atoms with Gasteiger partial charge in [-0.3, -0.25) is 9.48 Å². The lowest BCUT2D eigenvalue weighted by molar-refractivity contribution is 0.0793. The first-order chi connectivity index (χ1) is 12.1. The van der Waals surface area contributed by atoms with Crippen LogP contribution >= 0.6 is 0 Å². The maximum Gasteiger partial charge on any atom is 0.267 e. The quantitative estimate of drug-likeness (QED) is 0.811. The van der Waals surface area contributed by atoms with Crippen LogP contribution in [0.25, 0.3) is 0 Å². The topological polar surface area (TPSA) is 71.9 Å². The van der Waals surface area contributed by atoms with Crippen LogP contribution in [0.15, 0.2) is 24.5 Å². The number of nitrogens with one attached hydrogen (secondary N) is 2. The fourth-order valence-corrected chi connectivity index (χ4v) is 3.50. The van der Waals surface area contributed by atoms with Crippen molar-refractivity contribution in [3.05, 3.63) is 41.5 Å². The van der Waals surface area contributed by atoms with Crippen molar-refractivity contribution in [1.29, 1.82) is 0 Å². The van der Waals surface area contributed by atoms with E-state index in [-0.39, 0.29) is 17.9 Å². The van der Waals surface area contributed by atoms with Crippen molar-refractivity contribution in [2.75, 3.05) is 13.2 Å². The Labute approximate surface area is 149 Å². The van der Waals surface area contributed by atoms with Crippen molar-refractivity contribution in [3.8, 4) is 0 Å². The number of carbonyl (C=O) groups excluding carboxylic acids is 1. The van der Waals surface area contributed by atoms with E-state index in [0.717, 1.165) is 31.7 Å². The number of aromatic amines is 1. The first-order valence-corrected chi connectivity index (χ1v) is 9.17. The summed E-state index contributed by atoms with van der Waals surface area (Å²) in [7, 11) is 0. The molecule has 3 rings (SSSR count). The molecule has 136 valence electrons. The normalized spacial score (nSPS) is 20.3. The number of rotatable bonds is 7. The van der Waals surface area contributed by atoms with E-state index in [9.17, 15) is 4.79 Å². The highest BCUT2D eigenvalue weighted by molar-refractivity contribution is 5.92. The van der Waals surface area contributed by atoms with Crippen LogP contribution in [-0.2, 0) is 17.7 Å². The molecule has 1 amide bonds. The highest BCUT2D eigenvalue weighted by Crippen LogP contribution is 2.34. The van der Waals surface area contributed by atoms with Gasteiger partial charge in [-0.15, -0.1) is 0 Å². The van der Waals surface area contributed by atoms with Crippen LogP contribution in [0.3, 0.4) is 0 Å². The Morgan fingerprint density at radius 2 is 2.36 bits per heavy atom. The summed E-state index contributed by atoms with van der Waals surface area (Å²) in [6, 6.07) is 3.96. The summed E-state index contributed by atoms with van der Waals surface area (Å²) in [4.78, 5) is 15.5. The predicted octanol–water partition coefficient (Wildman–Crippen LogP) is 2.94. The second-order valence-corrected chi connectivity index (χ2v) is 7.14. The van der Waals surface area contributed by atoms with E-state index in [2.05, 4.69) is 36.2 Å². The summed E-state index contributed by atoms with van der Waals surface area (Å²) < 4.78 is 7.88. The molecule has 0 aliphatic carbocycles. The smallest absolute Gasteiger partial charge is 0.267 e. The lowest BCUT2D eigenvalue weighted by atomic mass is 9.99. The van der Waals surface area contributed by atoms with Crippen LogP contribution in [0.4, 0.5) is 0 Å². The minimum absolute atomic E-state index is 0.00268. The van der Waals surface area contributed by atoms with Crippen LogP contribution in [0.2, 0.25) is 0 Å². The molecule has 6 nitrogen and oxygen atoms in total. The summed E-state index contributed by atoms with van der Waals surface area (Å²) >= 11 is 0. The zero-order valence-corrected chi connectivity index (χ0v) is 15.3. The maximum absolute atomic E-state index is 12.4. The summed E-state index contributed by atoms with van der Waals surface area (Å²) in [5.41, 5.74) is 2.90. The van der Waals surface area contributed by atoms with E-state index in [0.29, 0.717) is 18.2 Å². The van der Waals surface area contributed by atoms with Crippen LogP contribution in [0, 0.1) is 11.8 Å². The van der Waals surface area contributed by atoms with Crippen LogP contribution in [0.5, 0.6) is 0 Å². The summed E-state index contributed by atoms with van der Waals surface area (Å²) in [5, 5.41) is 7.38. The number of amides is 1. The number of hydrogen-bond acceptors (Lipinski definition) is 3. The third-order valence-corrected chi connectivity index (χ3v) is 4.71. The van der Waals surface area contributed by atoms with Gasteiger partial charge in [0.1, 0.15) is 11.8 Å². The van der Waals surface area contributed by atoms with E-state index < -0.39 is 0 Å². The van der Waals surface area contributed by atoms with Gasteiger partial charge in [0.05, 0.1) is 5.69 Å². The number of carbonyl (C=O) groups is 1. The number of H-pyrrole nitrogens is 1. The molecule has 0 spiro atoms. The summed E-state index contributed by atoms with van der Waals surface area (Å²) in [5.74, 6) is 0.798. The van der Waals surface area contributed by atoms with E-state index in [4.69, 9.17) is 4.74 Å². The van der Waals surface area contributed by atoms with Gasteiger partial charge in [0.25, 0.3) is 5.91 Å². The van der Waals surface area contributed by atoms with E-state index >= 15 is 0 Å². The Morgan fingerprint density at radius 1 is 1.52 bits per heavy atom. The van der Waals surface area contributed by atoms with Crippen LogP contribution in [-0.4, -0.2) is 33.8 Å². The molecule has 2 N–H and O–H groups in total. The molecular weight excluding hydrogens is 316 g/mol. The lowest BCUT2D eigenvalue weighted by Crippen LogP contribution is -2.31. The number of ether oxygens (including phenoxy) is 1. The molecule has 0 aromatic carbocycles. The molecule has 1 fully saturated rings. The molecule has 1 aliphatic heterocycles. The molecule has 1 aliphatic rings. The molecule has 6 heteroatoms.